The maximum absolute atomic E-state index is 6.47. The zero-order valence-electron chi connectivity index (χ0n) is 14.2. The Labute approximate surface area is 135 Å². The van der Waals surface area contributed by atoms with Crippen LogP contribution >= 0.6 is 11.6 Å². The summed E-state index contributed by atoms with van der Waals surface area (Å²) >= 11 is 6.47. The molecular formula is C18H31ClN2. The Hall–Kier alpha value is -0.730. The van der Waals surface area contributed by atoms with Crippen molar-refractivity contribution in [1.29, 1.82) is 0 Å². The van der Waals surface area contributed by atoms with Crippen LogP contribution in [0.3, 0.4) is 0 Å². The zero-order valence-corrected chi connectivity index (χ0v) is 15.0. The molecule has 0 unspecified atom stereocenters. The lowest BCUT2D eigenvalue weighted by molar-refractivity contribution is 0.507. The summed E-state index contributed by atoms with van der Waals surface area (Å²) in [5.74, 6) is 0.644. The van der Waals surface area contributed by atoms with Crippen LogP contribution in [0.25, 0.3) is 0 Å². The standard InChI is InChI=1S/C18H31ClN2/c1-6-16(7-2)21(13-14(4)5)17-10-9-15(12-20-8-3)18(19)11-17/h9-11,14,16,20H,6-8,12-13H2,1-5H3. The highest BCUT2D eigenvalue weighted by Crippen LogP contribution is 2.27. The van der Waals surface area contributed by atoms with Gasteiger partial charge in [-0.2, -0.15) is 0 Å². The third kappa shape index (κ3) is 5.52. The van der Waals surface area contributed by atoms with Gasteiger partial charge in [0.05, 0.1) is 0 Å². The third-order valence-electron chi connectivity index (χ3n) is 3.88. The number of halogens is 1. The van der Waals surface area contributed by atoms with Gasteiger partial charge in [-0.25, -0.2) is 0 Å². The summed E-state index contributed by atoms with van der Waals surface area (Å²) in [6, 6.07) is 7.10. The first-order chi connectivity index (χ1) is 10.0. The average Bonchev–Trinajstić information content (AvgIpc) is 2.45. The molecule has 0 aromatic heterocycles. The summed E-state index contributed by atoms with van der Waals surface area (Å²) < 4.78 is 0. The van der Waals surface area contributed by atoms with Gasteiger partial charge in [-0.15, -0.1) is 0 Å². The van der Waals surface area contributed by atoms with E-state index < -0.39 is 0 Å². The summed E-state index contributed by atoms with van der Waals surface area (Å²) in [7, 11) is 0. The van der Waals surface area contributed by atoms with Crippen LogP contribution in [0.15, 0.2) is 18.2 Å². The Bertz CT molecular complexity index is 414. The molecule has 0 saturated carbocycles. The van der Waals surface area contributed by atoms with Crippen LogP contribution in [0.2, 0.25) is 5.02 Å². The predicted molar refractivity (Wildman–Crippen MR) is 95.4 cm³/mol. The van der Waals surface area contributed by atoms with E-state index in [2.05, 4.69) is 63.0 Å². The summed E-state index contributed by atoms with van der Waals surface area (Å²) in [6.07, 6.45) is 2.33. The second kappa shape index (κ2) is 9.32. The number of nitrogens with one attached hydrogen (secondary N) is 1. The van der Waals surface area contributed by atoms with E-state index in [0.29, 0.717) is 12.0 Å². The molecule has 1 N–H and O–H groups in total. The summed E-state index contributed by atoms with van der Waals surface area (Å²) in [4.78, 5) is 2.52. The quantitative estimate of drug-likeness (QED) is 0.682. The van der Waals surface area contributed by atoms with Crippen LogP contribution in [0.1, 0.15) is 53.0 Å². The van der Waals surface area contributed by atoms with Crippen molar-refractivity contribution >= 4 is 17.3 Å². The Balaban J connectivity index is 2.99. The Morgan fingerprint density at radius 1 is 1.14 bits per heavy atom. The maximum atomic E-state index is 6.47. The highest BCUT2D eigenvalue weighted by Gasteiger charge is 2.17. The first-order valence-corrected chi connectivity index (χ1v) is 8.66. The summed E-state index contributed by atoms with van der Waals surface area (Å²) in [5, 5.41) is 4.20. The van der Waals surface area contributed by atoms with Gasteiger partial charge in [0.15, 0.2) is 0 Å². The van der Waals surface area contributed by atoms with Crippen molar-refractivity contribution in [2.45, 2.75) is 60.0 Å². The lowest BCUT2D eigenvalue weighted by Crippen LogP contribution is -2.37. The highest BCUT2D eigenvalue weighted by molar-refractivity contribution is 6.31. The Morgan fingerprint density at radius 2 is 1.81 bits per heavy atom. The molecule has 0 saturated heterocycles. The van der Waals surface area contributed by atoms with Gasteiger partial charge in [0.2, 0.25) is 0 Å². The van der Waals surface area contributed by atoms with Crippen molar-refractivity contribution in [2.75, 3.05) is 18.0 Å². The largest absolute Gasteiger partial charge is 0.368 e. The average molecular weight is 311 g/mol. The molecule has 0 heterocycles. The Morgan fingerprint density at radius 3 is 2.29 bits per heavy atom. The van der Waals surface area contributed by atoms with Crippen LogP contribution in [0.4, 0.5) is 5.69 Å². The zero-order chi connectivity index (χ0) is 15.8. The highest BCUT2D eigenvalue weighted by atomic mass is 35.5. The topological polar surface area (TPSA) is 15.3 Å². The fourth-order valence-corrected chi connectivity index (χ4v) is 2.95. The van der Waals surface area contributed by atoms with E-state index in [0.717, 1.165) is 24.7 Å². The van der Waals surface area contributed by atoms with Gasteiger partial charge in [0.1, 0.15) is 0 Å². The first-order valence-electron chi connectivity index (χ1n) is 8.29. The molecule has 2 nitrogen and oxygen atoms in total. The van der Waals surface area contributed by atoms with E-state index in [1.165, 1.54) is 24.1 Å². The van der Waals surface area contributed by atoms with Gasteiger partial charge in [0.25, 0.3) is 0 Å². The smallest absolute Gasteiger partial charge is 0.0471 e. The normalized spacial score (nSPS) is 11.4. The molecule has 120 valence electrons. The van der Waals surface area contributed by atoms with Crippen LogP contribution in [-0.2, 0) is 6.54 Å². The fraction of sp³-hybridized carbons (Fsp3) is 0.667. The van der Waals surface area contributed by atoms with Gasteiger partial charge in [0, 0.05) is 29.8 Å². The van der Waals surface area contributed by atoms with Gasteiger partial charge in [-0.3, -0.25) is 0 Å². The minimum absolute atomic E-state index is 0.586. The van der Waals surface area contributed by atoms with Crippen molar-refractivity contribution in [1.82, 2.24) is 5.32 Å². The fourth-order valence-electron chi connectivity index (χ4n) is 2.71. The molecule has 1 aromatic carbocycles. The molecule has 0 atom stereocenters. The van der Waals surface area contributed by atoms with Gasteiger partial charge in [-0.1, -0.05) is 52.3 Å². The lowest BCUT2D eigenvalue weighted by Gasteiger charge is -2.34. The molecule has 1 rings (SSSR count). The number of anilines is 1. The summed E-state index contributed by atoms with van der Waals surface area (Å²) in [5.41, 5.74) is 2.43. The van der Waals surface area contributed by atoms with Crippen LogP contribution in [0.5, 0.6) is 0 Å². The molecule has 0 spiro atoms. The van der Waals surface area contributed by atoms with E-state index in [-0.39, 0.29) is 0 Å². The number of nitrogens with zero attached hydrogens (tertiary/aromatic N) is 1. The van der Waals surface area contributed by atoms with Crippen LogP contribution in [-0.4, -0.2) is 19.1 Å². The van der Waals surface area contributed by atoms with Crippen molar-refractivity contribution in [2.24, 2.45) is 5.92 Å². The SMILES string of the molecule is CCNCc1ccc(N(CC(C)C)C(CC)CC)cc1Cl. The molecule has 3 heteroatoms. The number of benzene rings is 1. The minimum Gasteiger partial charge on any atom is -0.368 e. The number of hydrogen-bond acceptors (Lipinski definition) is 2. The molecular weight excluding hydrogens is 280 g/mol. The van der Waals surface area contributed by atoms with Gasteiger partial charge in [-0.05, 0) is 43.0 Å². The maximum Gasteiger partial charge on any atom is 0.0471 e. The van der Waals surface area contributed by atoms with E-state index >= 15 is 0 Å². The molecule has 1 aromatic rings. The predicted octanol–water partition coefficient (Wildman–Crippen LogP) is 5.10. The van der Waals surface area contributed by atoms with E-state index in [1.807, 2.05) is 0 Å². The first kappa shape index (κ1) is 18.3. The van der Waals surface area contributed by atoms with Crippen LogP contribution in [0, 0.1) is 5.92 Å². The second-order valence-electron chi connectivity index (χ2n) is 6.07. The molecule has 0 fully saturated rings. The van der Waals surface area contributed by atoms with Crippen molar-refractivity contribution in [3.8, 4) is 0 Å². The van der Waals surface area contributed by atoms with Crippen LogP contribution < -0.4 is 10.2 Å². The molecule has 21 heavy (non-hydrogen) atoms. The lowest BCUT2D eigenvalue weighted by atomic mass is 10.1. The van der Waals surface area contributed by atoms with Gasteiger partial charge < -0.3 is 10.2 Å². The number of rotatable bonds is 9. The molecule has 0 aliphatic carbocycles. The Kier molecular flexibility index (Phi) is 8.13. The van der Waals surface area contributed by atoms with Crippen molar-refractivity contribution < 1.29 is 0 Å². The number of hydrogen-bond donors (Lipinski definition) is 1. The molecule has 0 aliphatic rings. The van der Waals surface area contributed by atoms with Crippen molar-refractivity contribution in [3.05, 3.63) is 28.8 Å². The van der Waals surface area contributed by atoms with Crippen molar-refractivity contribution in [3.63, 3.8) is 0 Å². The van der Waals surface area contributed by atoms with E-state index in [4.69, 9.17) is 11.6 Å². The van der Waals surface area contributed by atoms with E-state index in [1.54, 1.807) is 0 Å². The second-order valence-corrected chi connectivity index (χ2v) is 6.48. The minimum atomic E-state index is 0.586. The van der Waals surface area contributed by atoms with E-state index in [9.17, 15) is 0 Å². The molecule has 0 radical (unpaired) electrons. The molecule has 0 amide bonds. The summed E-state index contributed by atoms with van der Waals surface area (Å²) in [6.45, 7) is 14.1. The molecule has 0 bridgehead atoms. The molecule has 0 aliphatic heterocycles. The van der Waals surface area contributed by atoms with Gasteiger partial charge >= 0.3 is 0 Å². The third-order valence-corrected chi connectivity index (χ3v) is 4.23. The monoisotopic (exact) mass is 310 g/mol.